The Morgan fingerprint density at radius 1 is 1.04 bits per heavy atom. The van der Waals surface area contributed by atoms with Crippen LogP contribution in [0.4, 0.5) is 0 Å². The first kappa shape index (κ1) is 17.5. The maximum absolute atomic E-state index is 12.9. The molecule has 26 heavy (non-hydrogen) atoms. The molecular weight excluding hydrogens is 330 g/mol. The molecule has 2 amide bonds. The van der Waals surface area contributed by atoms with E-state index in [1.807, 2.05) is 4.90 Å². The zero-order valence-electron chi connectivity index (χ0n) is 15.4. The van der Waals surface area contributed by atoms with Gasteiger partial charge < -0.3 is 10.2 Å². The lowest BCUT2D eigenvalue weighted by Crippen LogP contribution is -2.62. The van der Waals surface area contributed by atoms with Crippen LogP contribution < -0.4 is 5.32 Å². The van der Waals surface area contributed by atoms with Gasteiger partial charge in [0.1, 0.15) is 6.54 Å². The topological polar surface area (TPSA) is 80.1 Å². The Labute approximate surface area is 154 Å². The van der Waals surface area contributed by atoms with Crippen molar-refractivity contribution in [2.75, 3.05) is 13.1 Å². The van der Waals surface area contributed by atoms with Gasteiger partial charge >= 0.3 is 0 Å². The van der Waals surface area contributed by atoms with E-state index in [4.69, 9.17) is 0 Å². The molecule has 4 rings (SSSR count). The van der Waals surface area contributed by atoms with E-state index in [1.165, 1.54) is 49.7 Å². The van der Waals surface area contributed by atoms with Crippen molar-refractivity contribution in [3.63, 3.8) is 0 Å². The van der Waals surface area contributed by atoms with Gasteiger partial charge in [-0.2, -0.15) is 15.0 Å². The maximum Gasteiger partial charge on any atom is 0.243 e. The van der Waals surface area contributed by atoms with Crippen molar-refractivity contribution in [3.05, 3.63) is 12.4 Å². The minimum atomic E-state index is -0.0999. The zero-order chi connectivity index (χ0) is 18.0. The molecule has 0 aromatic carbocycles. The Bertz CT molecular complexity index is 627. The summed E-state index contributed by atoms with van der Waals surface area (Å²) in [6.45, 7) is 1.41. The lowest BCUT2D eigenvalue weighted by atomic mass is 9.62. The van der Waals surface area contributed by atoms with Crippen molar-refractivity contribution in [3.8, 4) is 0 Å². The molecule has 7 nitrogen and oxygen atoms in total. The number of aromatic nitrogens is 3. The van der Waals surface area contributed by atoms with Gasteiger partial charge in [0.05, 0.1) is 18.4 Å². The molecule has 2 heterocycles. The van der Waals surface area contributed by atoms with E-state index in [0.29, 0.717) is 24.4 Å². The average Bonchev–Trinajstić information content (AvgIpc) is 3.11. The van der Waals surface area contributed by atoms with Gasteiger partial charge in [0.15, 0.2) is 0 Å². The molecule has 7 heteroatoms. The average molecular weight is 359 g/mol. The van der Waals surface area contributed by atoms with Crippen LogP contribution in [0.25, 0.3) is 0 Å². The first-order chi connectivity index (χ1) is 12.6. The highest BCUT2D eigenvalue weighted by molar-refractivity contribution is 5.81. The lowest BCUT2D eigenvalue weighted by Gasteiger charge is -2.46. The molecule has 2 saturated carbocycles. The summed E-state index contributed by atoms with van der Waals surface area (Å²) in [5, 5.41) is 10.8. The van der Waals surface area contributed by atoms with Crippen LogP contribution in [0, 0.1) is 11.3 Å². The number of nitrogens with zero attached hydrogens (tertiary/aromatic N) is 4. The predicted molar refractivity (Wildman–Crippen MR) is 96.0 cm³/mol. The van der Waals surface area contributed by atoms with Gasteiger partial charge in [0.25, 0.3) is 0 Å². The molecule has 3 fully saturated rings. The number of amides is 2. The minimum Gasteiger partial charge on any atom is -0.348 e. The molecule has 1 unspecified atom stereocenters. The third-order valence-corrected chi connectivity index (χ3v) is 6.51. The van der Waals surface area contributed by atoms with Crippen LogP contribution in [0.2, 0.25) is 0 Å². The Morgan fingerprint density at radius 3 is 2.46 bits per heavy atom. The number of rotatable bonds is 4. The van der Waals surface area contributed by atoms with Gasteiger partial charge in [-0.15, -0.1) is 0 Å². The Balaban J connectivity index is 1.23. The normalized spacial score (nSPS) is 25.7. The van der Waals surface area contributed by atoms with Crippen molar-refractivity contribution in [1.82, 2.24) is 25.2 Å². The Kier molecular flexibility index (Phi) is 4.96. The Hall–Kier alpha value is -1.92. The summed E-state index contributed by atoms with van der Waals surface area (Å²) in [4.78, 5) is 28.2. The molecule has 1 aliphatic heterocycles. The van der Waals surface area contributed by atoms with Gasteiger partial charge in [-0.05, 0) is 37.5 Å². The summed E-state index contributed by atoms with van der Waals surface area (Å²) in [5.74, 6) is 0.415. The maximum atomic E-state index is 12.9. The van der Waals surface area contributed by atoms with Crippen molar-refractivity contribution in [1.29, 1.82) is 0 Å². The van der Waals surface area contributed by atoms with Crippen LogP contribution >= 0.6 is 0 Å². The summed E-state index contributed by atoms with van der Waals surface area (Å²) >= 11 is 0. The number of hydrogen-bond donors (Lipinski definition) is 1. The number of nitrogens with one attached hydrogen (secondary N) is 1. The third kappa shape index (κ3) is 3.76. The van der Waals surface area contributed by atoms with Gasteiger partial charge in [0, 0.05) is 19.0 Å². The van der Waals surface area contributed by atoms with E-state index in [9.17, 15) is 9.59 Å². The first-order valence-electron chi connectivity index (χ1n) is 10.1. The molecule has 0 bridgehead atoms. The Morgan fingerprint density at radius 2 is 1.73 bits per heavy atom. The molecule has 0 radical (unpaired) electrons. The van der Waals surface area contributed by atoms with Crippen LogP contribution in [0.3, 0.4) is 0 Å². The molecule has 142 valence electrons. The predicted octanol–water partition coefficient (Wildman–Crippen LogP) is 1.75. The van der Waals surface area contributed by atoms with Crippen LogP contribution in [0.5, 0.6) is 0 Å². The zero-order valence-corrected chi connectivity index (χ0v) is 15.4. The minimum absolute atomic E-state index is 0.0641. The highest BCUT2D eigenvalue weighted by atomic mass is 16.2. The second-order valence-corrected chi connectivity index (χ2v) is 8.42. The molecule has 3 aliphatic rings. The fraction of sp³-hybridized carbons (Fsp3) is 0.789. The van der Waals surface area contributed by atoms with Crippen LogP contribution in [-0.4, -0.2) is 50.8 Å². The fourth-order valence-corrected chi connectivity index (χ4v) is 5.15. The summed E-state index contributed by atoms with van der Waals surface area (Å²) in [6.07, 6.45) is 14.4. The van der Waals surface area contributed by atoms with E-state index >= 15 is 0 Å². The molecule has 1 saturated heterocycles. The van der Waals surface area contributed by atoms with E-state index in [1.54, 1.807) is 12.4 Å². The van der Waals surface area contributed by atoms with E-state index in [2.05, 4.69) is 15.5 Å². The number of carbonyl (C=O) groups is 2. The molecule has 1 aromatic rings. The first-order valence-corrected chi connectivity index (χ1v) is 10.1. The number of hydrogen-bond acceptors (Lipinski definition) is 4. The standard InChI is InChI=1S/C19H29N5O2/c25-17(14-24-20-9-10-21-24)22-16-12-23(13-16)18(26)15-5-4-8-19(11-15)6-2-1-3-7-19/h9-10,15-16H,1-8,11-14H2,(H,22,25). The van der Waals surface area contributed by atoms with Gasteiger partial charge in [-0.1, -0.05) is 25.7 Å². The number of likely N-dealkylation sites (tertiary alicyclic amines) is 1. The SMILES string of the molecule is O=C(Cn1nccn1)NC1CN(C(=O)C2CCCC3(CCCCC3)C2)C1. The van der Waals surface area contributed by atoms with Crippen molar-refractivity contribution < 1.29 is 9.59 Å². The largest absolute Gasteiger partial charge is 0.348 e. The second kappa shape index (κ2) is 7.37. The highest BCUT2D eigenvalue weighted by Gasteiger charge is 2.42. The molecule has 1 N–H and O–H groups in total. The van der Waals surface area contributed by atoms with Crippen molar-refractivity contribution in [2.45, 2.75) is 70.4 Å². The molecule has 1 spiro atoms. The summed E-state index contributed by atoms with van der Waals surface area (Å²) < 4.78 is 0. The van der Waals surface area contributed by atoms with Crippen molar-refractivity contribution >= 4 is 11.8 Å². The van der Waals surface area contributed by atoms with Gasteiger partial charge in [-0.25, -0.2) is 0 Å². The van der Waals surface area contributed by atoms with Crippen LogP contribution in [0.15, 0.2) is 12.4 Å². The lowest BCUT2D eigenvalue weighted by molar-refractivity contribution is -0.145. The summed E-state index contributed by atoms with van der Waals surface area (Å²) in [7, 11) is 0. The summed E-state index contributed by atoms with van der Waals surface area (Å²) in [5.41, 5.74) is 0.450. The van der Waals surface area contributed by atoms with Gasteiger partial charge in [-0.3, -0.25) is 9.59 Å². The highest BCUT2D eigenvalue weighted by Crippen LogP contribution is 2.49. The van der Waals surface area contributed by atoms with E-state index in [0.717, 1.165) is 12.8 Å². The smallest absolute Gasteiger partial charge is 0.243 e. The molecule has 1 atom stereocenters. The van der Waals surface area contributed by atoms with Crippen LogP contribution in [0.1, 0.15) is 57.8 Å². The monoisotopic (exact) mass is 359 g/mol. The van der Waals surface area contributed by atoms with Gasteiger partial charge in [0.2, 0.25) is 11.8 Å². The molecular formula is C19H29N5O2. The van der Waals surface area contributed by atoms with Crippen molar-refractivity contribution in [2.24, 2.45) is 11.3 Å². The van der Waals surface area contributed by atoms with E-state index < -0.39 is 0 Å². The quantitative estimate of drug-likeness (QED) is 0.888. The second-order valence-electron chi connectivity index (χ2n) is 8.42. The molecule has 2 aliphatic carbocycles. The van der Waals surface area contributed by atoms with Crippen LogP contribution in [-0.2, 0) is 16.1 Å². The number of carbonyl (C=O) groups excluding carboxylic acids is 2. The molecule has 1 aromatic heterocycles. The van der Waals surface area contributed by atoms with E-state index in [-0.39, 0.29) is 24.4 Å². The fourth-order valence-electron chi connectivity index (χ4n) is 5.15. The third-order valence-electron chi connectivity index (χ3n) is 6.51. The summed E-state index contributed by atoms with van der Waals surface area (Å²) in [6, 6.07) is 0.0641.